The van der Waals surface area contributed by atoms with E-state index in [1.807, 2.05) is 66.7 Å². The van der Waals surface area contributed by atoms with Gasteiger partial charge in [0.05, 0.1) is 17.0 Å². The molecule has 0 saturated heterocycles. The largest absolute Gasteiger partial charge is 0.508 e. The summed E-state index contributed by atoms with van der Waals surface area (Å²) in [5.74, 6) is 1.41. The predicted molar refractivity (Wildman–Crippen MR) is 124 cm³/mol. The third kappa shape index (κ3) is 5.53. The molecule has 8 heteroatoms. The van der Waals surface area contributed by atoms with E-state index in [0.717, 1.165) is 29.0 Å². The van der Waals surface area contributed by atoms with Gasteiger partial charge in [-0.2, -0.15) is 4.68 Å². The number of hydrogen-bond acceptors (Lipinski definition) is 6. The monoisotopic (exact) mass is 445 g/mol. The number of para-hydroxylation sites is 1. The summed E-state index contributed by atoms with van der Waals surface area (Å²) in [5.41, 5.74) is 2.66. The van der Waals surface area contributed by atoms with Crippen molar-refractivity contribution in [3.05, 3.63) is 95.8 Å². The van der Waals surface area contributed by atoms with Crippen molar-refractivity contribution in [1.29, 1.82) is 0 Å². The van der Waals surface area contributed by atoms with Gasteiger partial charge in [0.25, 0.3) is 5.91 Å². The second-order valence-corrected chi connectivity index (χ2v) is 8.17. The van der Waals surface area contributed by atoms with Crippen molar-refractivity contribution < 1.29 is 9.90 Å². The molecule has 0 atom stereocenters. The standard InChI is InChI=1S/C24H23N5O2S/c30-20-14-12-18(13-15-20)7-6-16-25-24(31)21-10-4-5-11-22(21)32-17-23-26-27-28-29(23)19-8-2-1-3-9-19/h1-5,8-15,30H,6-7,16-17H2,(H,25,31). The summed E-state index contributed by atoms with van der Waals surface area (Å²) in [6.07, 6.45) is 1.65. The van der Waals surface area contributed by atoms with Crippen molar-refractivity contribution in [2.24, 2.45) is 0 Å². The molecule has 7 nitrogen and oxygen atoms in total. The maximum absolute atomic E-state index is 12.8. The Morgan fingerprint density at radius 2 is 1.72 bits per heavy atom. The Labute approximate surface area is 190 Å². The number of aromatic hydroxyl groups is 1. The highest BCUT2D eigenvalue weighted by Crippen LogP contribution is 2.26. The van der Waals surface area contributed by atoms with Crippen molar-refractivity contribution in [3.63, 3.8) is 0 Å². The van der Waals surface area contributed by atoms with Gasteiger partial charge in [-0.25, -0.2) is 0 Å². The molecule has 162 valence electrons. The van der Waals surface area contributed by atoms with Crippen molar-refractivity contribution >= 4 is 17.7 Å². The highest BCUT2D eigenvalue weighted by molar-refractivity contribution is 7.98. The van der Waals surface area contributed by atoms with Crippen molar-refractivity contribution in [1.82, 2.24) is 25.5 Å². The maximum Gasteiger partial charge on any atom is 0.252 e. The van der Waals surface area contributed by atoms with Gasteiger partial charge in [-0.15, -0.1) is 16.9 Å². The van der Waals surface area contributed by atoms with Gasteiger partial charge in [-0.3, -0.25) is 4.79 Å². The minimum Gasteiger partial charge on any atom is -0.508 e. The van der Waals surface area contributed by atoms with Crippen molar-refractivity contribution in [3.8, 4) is 11.4 Å². The van der Waals surface area contributed by atoms with E-state index >= 15 is 0 Å². The predicted octanol–water partition coefficient (Wildman–Crippen LogP) is 4.02. The smallest absolute Gasteiger partial charge is 0.252 e. The molecule has 0 saturated carbocycles. The molecule has 1 aromatic heterocycles. The summed E-state index contributed by atoms with van der Waals surface area (Å²) in [6.45, 7) is 0.574. The quantitative estimate of drug-likeness (QED) is 0.299. The first-order valence-corrected chi connectivity index (χ1v) is 11.3. The number of benzene rings is 3. The SMILES string of the molecule is O=C(NCCCc1ccc(O)cc1)c1ccccc1SCc1nnnn1-c1ccccc1. The molecule has 1 heterocycles. The van der Waals surface area contributed by atoms with Crippen LogP contribution in [0.25, 0.3) is 5.69 Å². The molecule has 0 fully saturated rings. The summed E-state index contributed by atoms with van der Waals surface area (Å²) in [5, 5.41) is 24.4. The third-order valence-corrected chi connectivity index (χ3v) is 5.96. The van der Waals surface area contributed by atoms with E-state index in [4.69, 9.17) is 0 Å². The molecule has 32 heavy (non-hydrogen) atoms. The average Bonchev–Trinajstić information content (AvgIpc) is 3.31. The highest BCUT2D eigenvalue weighted by atomic mass is 32.2. The fraction of sp³-hybridized carbons (Fsp3) is 0.167. The Hall–Kier alpha value is -3.65. The number of carbonyl (C=O) groups excluding carboxylic acids is 1. The maximum atomic E-state index is 12.8. The van der Waals surface area contributed by atoms with Crippen LogP contribution in [-0.4, -0.2) is 37.8 Å². The molecule has 3 aromatic carbocycles. The van der Waals surface area contributed by atoms with E-state index in [9.17, 15) is 9.90 Å². The molecule has 0 aliphatic heterocycles. The van der Waals surface area contributed by atoms with Gasteiger partial charge < -0.3 is 10.4 Å². The summed E-state index contributed by atoms with van der Waals surface area (Å²) >= 11 is 1.53. The van der Waals surface area contributed by atoms with E-state index in [0.29, 0.717) is 23.7 Å². The summed E-state index contributed by atoms with van der Waals surface area (Å²) in [7, 11) is 0. The van der Waals surface area contributed by atoms with Gasteiger partial charge in [0.2, 0.25) is 0 Å². The zero-order chi connectivity index (χ0) is 22.2. The van der Waals surface area contributed by atoms with E-state index in [1.54, 1.807) is 16.8 Å². The number of rotatable bonds is 9. The first-order valence-electron chi connectivity index (χ1n) is 10.3. The van der Waals surface area contributed by atoms with Crippen LogP contribution in [0.1, 0.15) is 28.2 Å². The molecule has 1 amide bonds. The summed E-state index contributed by atoms with van der Waals surface area (Å²) in [6, 6.07) is 24.4. The van der Waals surface area contributed by atoms with Crippen LogP contribution < -0.4 is 5.32 Å². The number of tetrazole rings is 1. The van der Waals surface area contributed by atoms with Crippen LogP contribution in [0.4, 0.5) is 0 Å². The molecule has 0 aliphatic rings. The summed E-state index contributed by atoms with van der Waals surface area (Å²) in [4.78, 5) is 13.6. The number of nitrogens with one attached hydrogen (secondary N) is 1. The highest BCUT2D eigenvalue weighted by Gasteiger charge is 2.14. The zero-order valence-electron chi connectivity index (χ0n) is 17.4. The Morgan fingerprint density at radius 1 is 0.969 bits per heavy atom. The molecular weight excluding hydrogens is 422 g/mol. The first kappa shape index (κ1) is 21.6. The Morgan fingerprint density at radius 3 is 2.53 bits per heavy atom. The number of nitrogens with zero attached hydrogens (tertiary/aromatic N) is 4. The van der Waals surface area contributed by atoms with Crippen molar-refractivity contribution in [2.75, 3.05) is 6.54 Å². The summed E-state index contributed by atoms with van der Waals surface area (Å²) < 4.78 is 1.71. The lowest BCUT2D eigenvalue weighted by Gasteiger charge is -2.10. The number of carbonyl (C=O) groups is 1. The fourth-order valence-electron chi connectivity index (χ4n) is 3.24. The van der Waals surface area contributed by atoms with Gasteiger partial charge >= 0.3 is 0 Å². The number of phenolic OH excluding ortho intramolecular Hbond substituents is 1. The lowest BCUT2D eigenvalue weighted by atomic mass is 10.1. The van der Waals surface area contributed by atoms with Gasteiger partial charge in [0.1, 0.15) is 5.75 Å². The number of aryl methyl sites for hydroxylation is 1. The molecule has 2 N–H and O–H groups in total. The van der Waals surface area contributed by atoms with Crippen LogP contribution in [0.3, 0.4) is 0 Å². The molecule has 0 spiro atoms. The van der Waals surface area contributed by atoms with E-state index in [2.05, 4.69) is 20.8 Å². The van der Waals surface area contributed by atoms with Crippen LogP contribution in [0.5, 0.6) is 5.75 Å². The van der Waals surface area contributed by atoms with Crippen LogP contribution >= 0.6 is 11.8 Å². The number of amides is 1. The molecule has 4 aromatic rings. The lowest BCUT2D eigenvalue weighted by molar-refractivity contribution is 0.0950. The van der Waals surface area contributed by atoms with Gasteiger partial charge in [-0.05, 0) is 65.2 Å². The molecule has 4 rings (SSSR count). The van der Waals surface area contributed by atoms with Gasteiger partial charge in [0, 0.05) is 11.4 Å². The van der Waals surface area contributed by atoms with Crippen LogP contribution in [0.2, 0.25) is 0 Å². The Bertz CT molecular complexity index is 1160. The number of aromatic nitrogens is 4. The van der Waals surface area contributed by atoms with Gasteiger partial charge in [0.15, 0.2) is 5.82 Å². The third-order valence-electron chi connectivity index (χ3n) is 4.89. The first-order chi connectivity index (χ1) is 15.7. The average molecular weight is 446 g/mol. The van der Waals surface area contributed by atoms with Crippen LogP contribution in [-0.2, 0) is 12.2 Å². The molecular formula is C24H23N5O2S. The van der Waals surface area contributed by atoms with Crippen LogP contribution in [0, 0.1) is 0 Å². The second kappa shape index (κ2) is 10.6. The molecule has 0 bridgehead atoms. The number of hydrogen-bond donors (Lipinski definition) is 2. The van der Waals surface area contributed by atoms with E-state index in [-0.39, 0.29) is 11.7 Å². The van der Waals surface area contributed by atoms with Gasteiger partial charge in [-0.1, -0.05) is 42.5 Å². The topological polar surface area (TPSA) is 92.9 Å². The van der Waals surface area contributed by atoms with E-state index < -0.39 is 0 Å². The number of phenols is 1. The van der Waals surface area contributed by atoms with E-state index in [1.165, 1.54) is 11.8 Å². The second-order valence-electron chi connectivity index (χ2n) is 7.15. The Balaban J connectivity index is 1.34. The minimum atomic E-state index is -0.0959. The zero-order valence-corrected chi connectivity index (χ0v) is 18.2. The fourth-order valence-corrected chi connectivity index (χ4v) is 4.20. The molecule has 0 unspecified atom stereocenters. The normalized spacial score (nSPS) is 10.8. The lowest BCUT2D eigenvalue weighted by Crippen LogP contribution is -2.25. The molecule has 0 aliphatic carbocycles. The van der Waals surface area contributed by atoms with Crippen molar-refractivity contribution in [2.45, 2.75) is 23.5 Å². The molecule has 0 radical (unpaired) electrons. The number of thioether (sulfide) groups is 1. The Kier molecular flexibility index (Phi) is 7.14. The minimum absolute atomic E-state index is 0.0959. The van der Waals surface area contributed by atoms with Crippen LogP contribution in [0.15, 0.2) is 83.8 Å².